The van der Waals surface area contributed by atoms with Gasteiger partial charge in [0.1, 0.15) is 0 Å². The van der Waals surface area contributed by atoms with E-state index in [0.29, 0.717) is 24.5 Å². The van der Waals surface area contributed by atoms with Crippen LogP contribution in [0.3, 0.4) is 0 Å². The number of halogens is 1. The lowest BCUT2D eigenvalue weighted by molar-refractivity contribution is -0.140. The summed E-state index contributed by atoms with van der Waals surface area (Å²) in [6.45, 7) is 1.26. The molecule has 0 N–H and O–H groups in total. The Labute approximate surface area is 180 Å². The molecule has 0 spiro atoms. The number of fused-ring (bicyclic) bond motifs is 1. The standard InChI is InChI=1S/C23H23ClN2O4/c24-18-6-1-3-15(9-18)12-26(23(27)16-4-2-5-16)13-19-11-20(25-30-19)17-7-8-21-22(10-17)29-14-28-21/h1,3,6-10,16,19H,2,4-5,11-14H2/t19-/m0/s1. The molecule has 6 nitrogen and oxygen atoms in total. The number of ether oxygens (including phenoxy) is 2. The maximum Gasteiger partial charge on any atom is 0.231 e. The van der Waals surface area contributed by atoms with Crippen molar-refractivity contribution in [2.45, 2.75) is 38.3 Å². The van der Waals surface area contributed by atoms with E-state index in [1.54, 1.807) is 0 Å². The van der Waals surface area contributed by atoms with Crippen LogP contribution >= 0.6 is 11.6 Å². The van der Waals surface area contributed by atoms with Gasteiger partial charge in [-0.25, -0.2) is 0 Å². The highest BCUT2D eigenvalue weighted by atomic mass is 35.5. The van der Waals surface area contributed by atoms with Gasteiger partial charge in [-0.05, 0) is 48.7 Å². The fourth-order valence-corrected chi connectivity index (χ4v) is 4.23. The molecule has 30 heavy (non-hydrogen) atoms. The third-order valence-corrected chi connectivity index (χ3v) is 6.13. The maximum atomic E-state index is 13.1. The first-order valence-electron chi connectivity index (χ1n) is 10.3. The Balaban J connectivity index is 1.27. The molecule has 0 saturated heterocycles. The first-order chi connectivity index (χ1) is 14.7. The summed E-state index contributed by atoms with van der Waals surface area (Å²) < 4.78 is 10.8. The highest BCUT2D eigenvalue weighted by molar-refractivity contribution is 6.30. The zero-order valence-corrected chi connectivity index (χ0v) is 17.3. The second-order valence-electron chi connectivity index (χ2n) is 8.01. The molecule has 2 aliphatic heterocycles. The van der Waals surface area contributed by atoms with E-state index >= 15 is 0 Å². The van der Waals surface area contributed by atoms with E-state index in [9.17, 15) is 4.79 Å². The van der Waals surface area contributed by atoms with E-state index in [0.717, 1.165) is 47.6 Å². The summed E-state index contributed by atoms with van der Waals surface area (Å²) in [6.07, 6.45) is 3.53. The van der Waals surface area contributed by atoms with Crippen molar-refractivity contribution in [2.24, 2.45) is 11.1 Å². The number of carbonyl (C=O) groups is 1. The average molecular weight is 427 g/mol. The van der Waals surface area contributed by atoms with E-state index in [1.165, 1.54) is 0 Å². The van der Waals surface area contributed by atoms with Gasteiger partial charge in [-0.2, -0.15) is 0 Å². The van der Waals surface area contributed by atoms with Gasteiger partial charge in [0.2, 0.25) is 12.7 Å². The smallest absolute Gasteiger partial charge is 0.231 e. The molecule has 5 rings (SSSR count). The largest absolute Gasteiger partial charge is 0.454 e. The summed E-state index contributed by atoms with van der Waals surface area (Å²) in [7, 11) is 0. The second-order valence-corrected chi connectivity index (χ2v) is 8.45. The van der Waals surface area contributed by atoms with Crippen LogP contribution in [-0.4, -0.2) is 36.0 Å². The lowest BCUT2D eigenvalue weighted by Gasteiger charge is -2.32. The molecule has 2 heterocycles. The third kappa shape index (κ3) is 3.97. The zero-order chi connectivity index (χ0) is 20.5. The molecule has 7 heteroatoms. The highest BCUT2D eigenvalue weighted by Crippen LogP contribution is 2.34. The Bertz CT molecular complexity index is 989. The van der Waals surface area contributed by atoms with Gasteiger partial charge < -0.3 is 19.2 Å². The molecule has 2 aromatic carbocycles. The van der Waals surface area contributed by atoms with E-state index in [4.69, 9.17) is 25.9 Å². The zero-order valence-electron chi connectivity index (χ0n) is 16.6. The first kappa shape index (κ1) is 19.2. The van der Waals surface area contributed by atoms with Gasteiger partial charge in [-0.15, -0.1) is 0 Å². The van der Waals surface area contributed by atoms with Gasteiger partial charge >= 0.3 is 0 Å². The quantitative estimate of drug-likeness (QED) is 0.687. The number of carbonyl (C=O) groups excluding carboxylic acids is 1. The normalized spacial score (nSPS) is 19.8. The van der Waals surface area contributed by atoms with Crippen molar-refractivity contribution in [1.82, 2.24) is 4.90 Å². The van der Waals surface area contributed by atoms with Crippen LogP contribution < -0.4 is 9.47 Å². The van der Waals surface area contributed by atoms with Gasteiger partial charge in [0.05, 0.1) is 12.3 Å². The van der Waals surface area contributed by atoms with Gasteiger partial charge in [-0.3, -0.25) is 4.79 Å². The van der Waals surface area contributed by atoms with Crippen molar-refractivity contribution < 1.29 is 19.1 Å². The Morgan fingerprint density at radius 3 is 2.80 bits per heavy atom. The van der Waals surface area contributed by atoms with E-state index in [2.05, 4.69) is 5.16 Å². The maximum absolute atomic E-state index is 13.1. The molecule has 0 unspecified atom stereocenters. The van der Waals surface area contributed by atoms with Crippen LogP contribution in [0.1, 0.15) is 36.8 Å². The number of rotatable bonds is 6. The van der Waals surface area contributed by atoms with Crippen molar-refractivity contribution >= 4 is 23.2 Å². The minimum atomic E-state index is -0.173. The molecule has 1 saturated carbocycles. The van der Waals surface area contributed by atoms with Gasteiger partial charge in [0.15, 0.2) is 17.6 Å². The predicted molar refractivity (Wildman–Crippen MR) is 113 cm³/mol. The number of hydrogen-bond acceptors (Lipinski definition) is 5. The molecular formula is C23H23ClN2O4. The van der Waals surface area contributed by atoms with Crippen LogP contribution in [0.2, 0.25) is 5.02 Å². The van der Waals surface area contributed by atoms with Crippen LogP contribution in [-0.2, 0) is 16.2 Å². The summed E-state index contributed by atoms with van der Waals surface area (Å²) in [6, 6.07) is 13.4. The molecule has 1 amide bonds. The highest BCUT2D eigenvalue weighted by Gasteiger charge is 2.33. The number of hydrogen-bond donors (Lipinski definition) is 0. The van der Waals surface area contributed by atoms with Gasteiger partial charge in [-0.1, -0.05) is 35.3 Å². The average Bonchev–Trinajstić information content (AvgIpc) is 3.34. The predicted octanol–water partition coefficient (Wildman–Crippen LogP) is 4.39. The third-order valence-electron chi connectivity index (χ3n) is 5.89. The van der Waals surface area contributed by atoms with Crippen LogP contribution in [0.4, 0.5) is 0 Å². The van der Waals surface area contributed by atoms with Crippen molar-refractivity contribution in [2.75, 3.05) is 13.3 Å². The van der Waals surface area contributed by atoms with Crippen LogP contribution in [0, 0.1) is 5.92 Å². The number of oxime groups is 1. The Morgan fingerprint density at radius 1 is 1.13 bits per heavy atom. The molecule has 0 bridgehead atoms. The van der Waals surface area contributed by atoms with E-state index < -0.39 is 0 Å². The molecule has 3 aliphatic rings. The molecule has 156 valence electrons. The summed E-state index contributed by atoms with van der Waals surface area (Å²) in [5.74, 6) is 1.79. The topological polar surface area (TPSA) is 60.4 Å². The molecule has 1 atom stereocenters. The van der Waals surface area contributed by atoms with Gasteiger partial charge in [0, 0.05) is 29.5 Å². The fourth-order valence-electron chi connectivity index (χ4n) is 4.02. The van der Waals surface area contributed by atoms with Crippen molar-refractivity contribution in [3.05, 3.63) is 58.6 Å². The van der Waals surface area contributed by atoms with Gasteiger partial charge in [0.25, 0.3) is 0 Å². The summed E-state index contributed by atoms with van der Waals surface area (Å²) in [5, 5.41) is 4.96. The fraction of sp³-hybridized carbons (Fsp3) is 0.391. The Kier molecular flexibility index (Phi) is 5.25. The van der Waals surface area contributed by atoms with Crippen LogP contribution in [0.15, 0.2) is 47.6 Å². The van der Waals surface area contributed by atoms with Crippen LogP contribution in [0.25, 0.3) is 0 Å². The van der Waals surface area contributed by atoms with Crippen molar-refractivity contribution in [3.63, 3.8) is 0 Å². The SMILES string of the molecule is O=C(C1CCC1)N(Cc1cccc(Cl)c1)C[C@@H]1CC(c2ccc3c(c2)OCO3)=NO1. The molecule has 2 aromatic rings. The summed E-state index contributed by atoms with van der Waals surface area (Å²) >= 11 is 6.14. The molecule has 0 aromatic heterocycles. The summed E-state index contributed by atoms with van der Waals surface area (Å²) in [5.41, 5.74) is 2.83. The number of amides is 1. The summed E-state index contributed by atoms with van der Waals surface area (Å²) in [4.78, 5) is 20.7. The minimum Gasteiger partial charge on any atom is -0.454 e. The van der Waals surface area contributed by atoms with E-state index in [-0.39, 0.29) is 24.7 Å². The minimum absolute atomic E-state index is 0.125. The monoisotopic (exact) mass is 426 g/mol. The molecule has 1 aliphatic carbocycles. The van der Waals surface area contributed by atoms with E-state index in [1.807, 2.05) is 47.4 Å². The van der Waals surface area contributed by atoms with Crippen LogP contribution in [0.5, 0.6) is 11.5 Å². The second kappa shape index (κ2) is 8.19. The Hall–Kier alpha value is -2.73. The van der Waals surface area contributed by atoms with Crippen molar-refractivity contribution in [3.8, 4) is 11.5 Å². The first-order valence-corrected chi connectivity index (χ1v) is 10.7. The molecule has 0 radical (unpaired) electrons. The number of nitrogens with zero attached hydrogens (tertiary/aromatic N) is 2. The Morgan fingerprint density at radius 2 is 2.00 bits per heavy atom. The molecular weight excluding hydrogens is 404 g/mol. The lowest BCUT2D eigenvalue weighted by atomic mass is 9.84. The lowest BCUT2D eigenvalue weighted by Crippen LogP contribution is -2.42. The number of benzene rings is 2. The molecule has 1 fully saturated rings. The van der Waals surface area contributed by atoms with Crippen molar-refractivity contribution in [1.29, 1.82) is 0 Å².